The van der Waals surface area contributed by atoms with Gasteiger partial charge in [-0.2, -0.15) is 13.2 Å². The number of sulfonamides is 1. The third-order valence-electron chi connectivity index (χ3n) is 3.00. The van der Waals surface area contributed by atoms with Gasteiger partial charge in [0.2, 0.25) is 10.0 Å². The number of nitrogens with one attached hydrogen (secondary N) is 1. The molecule has 0 aliphatic rings. The number of benzene rings is 1. The van der Waals surface area contributed by atoms with E-state index in [4.69, 9.17) is 5.73 Å². The summed E-state index contributed by atoms with van der Waals surface area (Å²) < 4.78 is 63.7. The Balaban J connectivity index is 0.00000484. The number of nitrogens with two attached hydrogens (primary N) is 1. The van der Waals surface area contributed by atoms with Crippen molar-refractivity contribution in [3.63, 3.8) is 0 Å². The predicted molar refractivity (Wildman–Crippen MR) is 86.1 cm³/mol. The molecule has 3 N–H and O–H groups in total. The maximum absolute atomic E-state index is 12.3. The maximum atomic E-state index is 12.3. The van der Waals surface area contributed by atoms with E-state index in [1.807, 2.05) is 13.8 Å². The van der Waals surface area contributed by atoms with Crippen molar-refractivity contribution in [1.82, 2.24) is 4.72 Å². The van der Waals surface area contributed by atoms with Gasteiger partial charge in [0, 0.05) is 12.6 Å². The van der Waals surface area contributed by atoms with Crippen molar-refractivity contribution in [2.75, 3.05) is 6.54 Å². The first-order valence-electron chi connectivity index (χ1n) is 6.91. The molecule has 0 bridgehead atoms. The number of alkyl halides is 3. The summed E-state index contributed by atoms with van der Waals surface area (Å²) in [7, 11) is -3.79. The summed E-state index contributed by atoms with van der Waals surface area (Å²) in [5.41, 5.74) is 5.57. The summed E-state index contributed by atoms with van der Waals surface area (Å²) in [5.74, 6) is 0.269. The lowest BCUT2D eigenvalue weighted by Crippen LogP contribution is -2.40. The molecule has 0 aliphatic carbocycles. The van der Waals surface area contributed by atoms with Crippen molar-refractivity contribution in [1.29, 1.82) is 0 Å². The lowest BCUT2D eigenvalue weighted by atomic mass is 10.1. The number of hydrogen-bond donors (Lipinski definition) is 2. The largest absolute Gasteiger partial charge is 0.393 e. The van der Waals surface area contributed by atoms with Gasteiger partial charge in [-0.25, -0.2) is 13.1 Å². The van der Waals surface area contributed by atoms with E-state index in [-0.39, 0.29) is 35.3 Å². The van der Waals surface area contributed by atoms with Crippen LogP contribution in [0.4, 0.5) is 13.2 Å². The molecule has 134 valence electrons. The Hall–Kier alpha value is -0.830. The topological polar surface area (TPSA) is 72.2 Å². The Kier molecular flexibility index (Phi) is 8.54. The predicted octanol–water partition coefficient (Wildman–Crippen LogP) is 2.86. The molecule has 0 aliphatic heterocycles. The highest BCUT2D eigenvalue weighted by Gasteiger charge is 2.28. The van der Waals surface area contributed by atoms with Crippen molar-refractivity contribution >= 4 is 22.4 Å². The summed E-state index contributed by atoms with van der Waals surface area (Å²) in [4.78, 5) is -0.0689. The summed E-state index contributed by atoms with van der Waals surface area (Å²) in [5, 5.41) is 0. The van der Waals surface area contributed by atoms with Gasteiger partial charge in [0.25, 0.3) is 0 Å². The minimum Gasteiger partial charge on any atom is -0.329 e. The third-order valence-corrected chi connectivity index (χ3v) is 4.54. The third kappa shape index (κ3) is 8.01. The molecule has 23 heavy (non-hydrogen) atoms. The van der Waals surface area contributed by atoms with Crippen molar-refractivity contribution in [3.8, 4) is 0 Å². The zero-order valence-corrected chi connectivity index (χ0v) is 14.6. The second-order valence-corrected chi connectivity index (χ2v) is 7.33. The molecule has 4 nitrogen and oxygen atoms in total. The van der Waals surface area contributed by atoms with Crippen LogP contribution in [0, 0.1) is 5.92 Å². The van der Waals surface area contributed by atoms with Crippen molar-refractivity contribution in [3.05, 3.63) is 29.8 Å². The second-order valence-electron chi connectivity index (χ2n) is 5.62. The smallest absolute Gasteiger partial charge is 0.329 e. The molecule has 0 amide bonds. The van der Waals surface area contributed by atoms with Crippen LogP contribution in [0.5, 0.6) is 0 Å². The summed E-state index contributed by atoms with van der Waals surface area (Å²) in [6.07, 6.45) is -4.82. The highest BCUT2D eigenvalue weighted by atomic mass is 35.5. The van der Waals surface area contributed by atoms with Crippen LogP contribution in [0.25, 0.3) is 0 Å². The minimum atomic E-state index is -4.32. The summed E-state index contributed by atoms with van der Waals surface area (Å²) >= 11 is 0. The van der Waals surface area contributed by atoms with Gasteiger partial charge >= 0.3 is 6.18 Å². The molecule has 1 unspecified atom stereocenters. The fourth-order valence-corrected chi connectivity index (χ4v) is 3.33. The van der Waals surface area contributed by atoms with E-state index in [0.717, 1.165) is 0 Å². The van der Waals surface area contributed by atoms with Gasteiger partial charge < -0.3 is 5.73 Å². The Morgan fingerprint density at radius 3 is 2.09 bits per heavy atom. The fourth-order valence-electron chi connectivity index (χ4n) is 2.07. The van der Waals surface area contributed by atoms with Crippen molar-refractivity contribution in [2.45, 2.75) is 43.8 Å². The zero-order chi connectivity index (χ0) is 17.0. The van der Waals surface area contributed by atoms with E-state index in [2.05, 4.69) is 4.72 Å². The van der Waals surface area contributed by atoms with Crippen LogP contribution < -0.4 is 10.5 Å². The van der Waals surface area contributed by atoms with Crippen LogP contribution in [-0.2, 0) is 16.4 Å². The Labute approximate surface area is 141 Å². The highest BCUT2D eigenvalue weighted by molar-refractivity contribution is 7.89. The Bertz CT molecular complexity index is 575. The molecule has 0 spiro atoms. The molecule has 0 saturated carbocycles. The molecular weight excluding hydrogens is 353 g/mol. The van der Waals surface area contributed by atoms with Gasteiger partial charge in [0.1, 0.15) is 0 Å². The van der Waals surface area contributed by atoms with Gasteiger partial charge in [-0.05, 0) is 30.0 Å². The Morgan fingerprint density at radius 1 is 1.17 bits per heavy atom. The second kappa shape index (κ2) is 8.86. The van der Waals surface area contributed by atoms with Crippen LogP contribution >= 0.6 is 12.4 Å². The lowest BCUT2D eigenvalue weighted by Gasteiger charge is -2.19. The van der Waals surface area contributed by atoms with Crippen LogP contribution in [0.3, 0.4) is 0 Å². The Morgan fingerprint density at radius 2 is 1.70 bits per heavy atom. The number of hydrogen-bond acceptors (Lipinski definition) is 3. The van der Waals surface area contributed by atoms with Crippen LogP contribution in [-0.4, -0.2) is 27.2 Å². The molecule has 1 aromatic carbocycles. The van der Waals surface area contributed by atoms with Crippen molar-refractivity contribution < 1.29 is 21.6 Å². The normalized spacial score (nSPS) is 13.7. The first-order chi connectivity index (χ1) is 10.0. The molecular formula is C14H22ClF3N2O2S. The van der Waals surface area contributed by atoms with Gasteiger partial charge in [-0.1, -0.05) is 26.0 Å². The van der Waals surface area contributed by atoms with Crippen LogP contribution in [0.15, 0.2) is 29.2 Å². The first kappa shape index (κ1) is 22.2. The van der Waals surface area contributed by atoms with E-state index in [1.165, 1.54) is 24.3 Å². The molecule has 0 fully saturated rings. The quantitative estimate of drug-likeness (QED) is 0.770. The average molecular weight is 375 g/mol. The maximum Gasteiger partial charge on any atom is 0.393 e. The van der Waals surface area contributed by atoms with E-state index < -0.39 is 28.7 Å². The molecule has 1 rings (SSSR count). The number of rotatable bonds is 7. The fraction of sp³-hybridized carbons (Fsp3) is 0.571. The average Bonchev–Trinajstić information content (AvgIpc) is 2.35. The SMILES string of the molecule is CC(C)CC(CN)NS(=O)(=O)c1ccc(CC(F)(F)F)cc1.Cl. The molecule has 1 atom stereocenters. The summed E-state index contributed by atoms with van der Waals surface area (Å²) in [6, 6.07) is 4.28. The van der Waals surface area contributed by atoms with Crippen molar-refractivity contribution in [2.24, 2.45) is 11.7 Å². The van der Waals surface area contributed by atoms with Gasteiger partial charge in [0.15, 0.2) is 0 Å². The van der Waals surface area contributed by atoms with Gasteiger partial charge in [0.05, 0.1) is 11.3 Å². The van der Waals surface area contributed by atoms with E-state index in [1.54, 1.807) is 0 Å². The molecule has 0 aromatic heterocycles. The van der Waals surface area contributed by atoms with E-state index in [9.17, 15) is 21.6 Å². The lowest BCUT2D eigenvalue weighted by molar-refractivity contribution is -0.127. The first-order valence-corrected chi connectivity index (χ1v) is 8.40. The molecule has 0 heterocycles. The monoisotopic (exact) mass is 374 g/mol. The van der Waals surface area contributed by atoms with E-state index in [0.29, 0.717) is 6.42 Å². The van der Waals surface area contributed by atoms with Crippen LogP contribution in [0.1, 0.15) is 25.8 Å². The van der Waals surface area contributed by atoms with Gasteiger partial charge in [-0.15, -0.1) is 12.4 Å². The standard InChI is InChI=1S/C14H21F3N2O2S.ClH/c1-10(2)7-12(9-18)19-22(20,21)13-5-3-11(4-6-13)8-14(15,16)17;/h3-6,10,12,19H,7-9,18H2,1-2H3;1H. The molecule has 0 radical (unpaired) electrons. The summed E-state index contributed by atoms with van der Waals surface area (Å²) in [6.45, 7) is 4.05. The minimum absolute atomic E-state index is 0. The van der Waals surface area contributed by atoms with Crippen LogP contribution in [0.2, 0.25) is 0 Å². The zero-order valence-electron chi connectivity index (χ0n) is 12.9. The molecule has 9 heteroatoms. The molecule has 1 aromatic rings. The molecule has 0 saturated heterocycles. The van der Waals surface area contributed by atoms with E-state index >= 15 is 0 Å². The van der Waals surface area contributed by atoms with Gasteiger partial charge in [-0.3, -0.25) is 0 Å². The number of halogens is 4. The highest BCUT2D eigenvalue weighted by Crippen LogP contribution is 2.22.